The zero-order chi connectivity index (χ0) is 51.2. The summed E-state index contributed by atoms with van der Waals surface area (Å²) >= 11 is 0. The van der Waals surface area contributed by atoms with Gasteiger partial charge in [0.25, 0.3) is 0 Å². The highest BCUT2D eigenvalue weighted by Gasteiger charge is 2.20. The normalized spacial score (nSPS) is 10.9. The zero-order valence-electron chi connectivity index (χ0n) is 41.2. The molecule has 12 rings (SSSR count). The van der Waals surface area contributed by atoms with E-state index in [0.29, 0.717) is 11.1 Å². The predicted octanol–water partition coefficient (Wildman–Crippen LogP) is 18.0. The summed E-state index contributed by atoms with van der Waals surface area (Å²) in [5.74, 6) is 0. The van der Waals surface area contributed by atoms with Crippen molar-refractivity contribution in [1.29, 1.82) is 10.5 Å². The molecule has 3 heterocycles. The van der Waals surface area contributed by atoms with Gasteiger partial charge in [0.1, 0.15) is 0 Å². The molecule has 0 amide bonds. The van der Waals surface area contributed by atoms with Gasteiger partial charge < -0.3 is 0 Å². The van der Waals surface area contributed by atoms with E-state index in [0.717, 1.165) is 123 Å². The molecule has 12 aromatic rings. The van der Waals surface area contributed by atoms with Gasteiger partial charge in [-0.2, -0.15) is 10.5 Å². The van der Waals surface area contributed by atoms with Crippen molar-refractivity contribution < 1.29 is 0 Å². The summed E-state index contributed by atoms with van der Waals surface area (Å²) in [6.45, 7) is 0. The Labute approximate surface area is 442 Å². The molecule has 0 atom stereocenters. The van der Waals surface area contributed by atoms with Crippen molar-refractivity contribution in [3.8, 4) is 135 Å². The van der Waals surface area contributed by atoms with Crippen LogP contribution in [-0.2, 0) is 0 Å². The third-order valence-electron chi connectivity index (χ3n) is 14.0. The molecule has 354 valence electrons. The highest BCUT2D eigenvalue weighted by atomic mass is 14.7. The van der Waals surface area contributed by atoms with Gasteiger partial charge in [0, 0.05) is 35.3 Å². The minimum atomic E-state index is 0.566. The van der Waals surface area contributed by atoms with Gasteiger partial charge in [0.2, 0.25) is 0 Å². The maximum absolute atomic E-state index is 10.3. The molecule has 0 saturated heterocycles. The van der Waals surface area contributed by atoms with Crippen molar-refractivity contribution in [2.24, 2.45) is 0 Å². The maximum atomic E-state index is 10.3. The molecule has 9 aromatic carbocycles. The number of hydrogen-bond acceptors (Lipinski definition) is 5. The van der Waals surface area contributed by atoms with Gasteiger partial charge in [-0.1, -0.05) is 170 Å². The second kappa shape index (κ2) is 20.9. The lowest BCUT2D eigenvalue weighted by molar-refractivity contribution is 1.33. The van der Waals surface area contributed by atoms with E-state index in [9.17, 15) is 10.5 Å². The van der Waals surface area contributed by atoms with Crippen LogP contribution in [-0.4, -0.2) is 15.0 Å². The highest BCUT2D eigenvalue weighted by molar-refractivity contribution is 5.98. The van der Waals surface area contributed by atoms with Crippen LogP contribution in [0.1, 0.15) is 11.1 Å². The van der Waals surface area contributed by atoms with E-state index >= 15 is 0 Å². The van der Waals surface area contributed by atoms with Gasteiger partial charge in [-0.05, 0) is 174 Å². The van der Waals surface area contributed by atoms with E-state index < -0.39 is 0 Å². The molecule has 0 fully saturated rings. The fourth-order valence-corrected chi connectivity index (χ4v) is 10.2. The Morgan fingerprint density at radius 1 is 0.211 bits per heavy atom. The van der Waals surface area contributed by atoms with E-state index in [4.69, 9.17) is 4.98 Å². The summed E-state index contributed by atoms with van der Waals surface area (Å²) in [4.78, 5) is 14.0. The fraction of sp³-hybridized carbons (Fsp3) is 0. The predicted molar refractivity (Wildman–Crippen MR) is 309 cm³/mol. The number of aromatic nitrogens is 3. The minimum absolute atomic E-state index is 0.566. The van der Waals surface area contributed by atoms with Crippen LogP contribution in [0.5, 0.6) is 0 Å². The lowest BCUT2D eigenvalue weighted by Crippen LogP contribution is -1.94. The van der Waals surface area contributed by atoms with E-state index in [1.165, 1.54) is 0 Å². The smallest absolute Gasteiger partial charge is 0.0991 e. The van der Waals surface area contributed by atoms with E-state index in [1.807, 2.05) is 85.1 Å². The van der Waals surface area contributed by atoms with Crippen LogP contribution in [0.15, 0.2) is 273 Å². The van der Waals surface area contributed by atoms with Crippen molar-refractivity contribution >= 4 is 0 Å². The second-order valence-corrected chi connectivity index (χ2v) is 18.6. The number of pyridine rings is 3. The molecular formula is C71H45N5. The molecule has 5 heteroatoms. The first kappa shape index (κ1) is 46.5. The zero-order valence-corrected chi connectivity index (χ0v) is 41.2. The van der Waals surface area contributed by atoms with Gasteiger partial charge in [-0.3, -0.25) is 15.0 Å². The molecule has 5 nitrogen and oxygen atoms in total. The molecule has 0 radical (unpaired) electrons. The molecule has 0 N–H and O–H groups in total. The van der Waals surface area contributed by atoms with Gasteiger partial charge >= 0.3 is 0 Å². The van der Waals surface area contributed by atoms with Crippen LogP contribution in [0.25, 0.3) is 123 Å². The fourth-order valence-electron chi connectivity index (χ4n) is 10.2. The molecule has 3 aromatic heterocycles. The lowest BCUT2D eigenvalue weighted by Gasteiger charge is -2.20. The largest absolute Gasteiger partial charge is 0.256 e. The van der Waals surface area contributed by atoms with Crippen molar-refractivity contribution in [2.45, 2.75) is 0 Å². The van der Waals surface area contributed by atoms with Gasteiger partial charge in [0.05, 0.1) is 40.3 Å². The number of nitrogens with zero attached hydrogens (tertiary/aromatic N) is 5. The van der Waals surface area contributed by atoms with Crippen LogP contribution in [0.2, 0.25) is 0 Å². The Morgan fingerprint density at radius 2 is 0.539 bits per heavy atom. The molecule has 0 unspecified atom stereocenters. The van der Waals surface area contributed by atoms with Crippen molar-refractivity contribution in [3.05, 3.63) is 285 Å². The Hall–Kier alpha value is -10.6. The van der Waals surface area contributed by atoms with Crippen molar-refractivity contribution in [3.63, 3.8) is 0 Å². The van der Waals surface area contributed by atoms with Gasteiger partial charge in [0.15, 0.2) is 0 Å². The third kappa shape index (κ3) is 9.48. The third-order valence-corrected chi connectivity index (χ3v) is 14.0. The van der Waals surface area contributed by atoms with Crippen molar-refractivity contribution in [1.82, 2.24) is 15.0 Å². The van der Waals surface area contributed by atoms with Crippen LogP contribution in [0.3, 0.4) is 0 Å². The summed E-state index contributed by atoms with van der Waals surface area (Å²) in [6.07, 6.45) is 5.45. The van der Waals surface area contributed by atoms with E-state index in [1.54, 1.807) is 12.4 Å². The SMILES string of the molecule is N#Cc1ccc(-c2cc(-c3ccc(C#N)cc3-c3ccc(-c4ccccn4)cc3)cc(-c3ccccc3-c3ccc(-c4ccccn4)cc3-c3ccc(-c4ccccc4)cc3)c2)c(-c2ccc(-c3ccccn3)cc2)c1. The summed E-state index contributed by atoms with van der Waals surface area (Å²) in [7, 11) is 0. The Balaban J connectivity index is 1.06. The van der Waals surface area contributed by atoms with E-state index in [-0.39, 0.29) is 0 Å². The van der Waals surface area contributed by atoms with Gasteiger partial charge in [-0.15, -0.1) is 0 Å². The summed E-state index contributed by atoms with van der Waals surface area (Å²) in [5.41, 5.74) is 23.2. The average Bonchev–Trinajstić information content (AvgIpc) is 3.52. The molecule has 0 spiro atoms. The Kier molecular flexibility index (Phi) is 12.8. The minimum Gasteiger partial charge on any atom is -0.256 e. The van der Waals surface area contributed by atoms with Crippen LogP contribution in [0.4, 0.5) is 0 Å². The molecular weight excluding hydrogens is 923 g/mol. The van der Waals surface area contributed by atoms with Crippen LogP contribution < -0.4 is 0 Å². The van der Waals surface area contributed by atoms with Crippen LogP contribution >= 0.6 is 0 Å². The summed E-state index contributed by atoms with van der Waals surface area (Å²) in [6, 6.07) is 92.8. The Bertz CT molecular complexity index is 3960. The summed E-state index contributed by atoms with van der Waals surface area (Å²) < 4.78 is 0. The first-order valence-electron chi connectivity index (χ1n) is 25.2. The van der Waals surface area contributed by atoms with Gasteiger partial charge in [-0.25, -0.2) is 0 Å². The highest BCUT2D eigenvalue weighted by Crippen LogP contribution is 2.45. The second-order valence-electron chi connectivity index (χ2n) is 18.6. The lowest BCUT2D eigenvalue weighted by atomic mass is 9.84. The standard InChI is InChI=1S/C71H45N5/c72-46-48-19-34-62(66(40-48)52-25-29-55(30-26-52)69-16-6-9-37-74-69)59-42-58(43-60(44-59)63-35-20-49(47-73)41-67(63)53-27-31-56(32-28-53)70-17-7-10-38-75-70)61-14-4-5-15-64(61)65-36-33-57(71-18-8-11-39-76-71)45-68(65)54-23-21-51(22-24-54)50-12-2-1-3-13-50/h1-45H. The molecule has 0 bridgehead atoms. The average molecular weight is 968 g/mol. The molecule has 0 aliphatic rings. The van der Waals surface area contributed by atoms with E-state index in [2.05, 4.69) is 198 Å². The first-order valence-corrected chi connectivity index (χ1v) is 25.2. The summed E-state index contributed by atoms with van der Waals surface area (Å²) in [5, 5.41) is 20.6. The maximum Gasteiger partial charge on any atom is 0.0991 e. The molecule has 76 heavy (non-hydrogen) atoms. The monoisotopic (exact) mass is 967 g/mol. The molecule has 0 aliphatic carbocycles. The van der Waals surface area contributed by atoms with Crippen LogP contribution in [0, 0.1) is 22.7 Å². The quantitative estimate of drug-likeness (QED) is 0.129. The number of nitriles is 2. The molecule has 0 saturated carbocycles. The number of hydrogen-bond donors (Lipinski definition) is 0. The van der Waals surface area contributed by atoms with Crippen molar-refractivity contribution in [2.75, 3.05) is 0 Å². The molecule has 0 aliphatic heterocycles. The topological polar surface area (TPSA) is 86.2 Å². The Morgan fingerprint density at radius 3 is 0.987 bits per heavy atom. The number of benzene rings is 9. The first-order chi connectivity index (χ1) is 37.6. The number of rotatable bonds is 11.